The highest BCUT2D eigenvalue weighted by atomic mass is 127. The summed E-state index contributed by atoms with van der Waals surface area (Å²) in [7, 11) is 2.20. The molecular formula is C17H29ClIN5. The zero-order valence-electron chi connectivity index (χ0n) is 14.8. The van der Waals surface area contributed by atoms with Crippen LogP contribution in [-0.4, -0.2) is 54.6 Å². The van der Waals surface area contributed by atoms with Gasteiger partial charge in [-0.3, -0.25) is 9.89 Å². The van der Waals surface area contributed by atoms with Crippen molar-refractivity contribution >= 4 is 41.5 Å². The highest BCUT2D eigenvalue weighted by Crippen LogP contribution is 2.26. The van der Waals surface area contributed by atoms with Crippen molar-refractivity contribution in [3.8, 4) is 0 Å². The number of halogens is 2. The fourth-order valence-electron chi connectivity index (χ4n) is 2.42. The van der Waals surface area contributed by atoms with Gasteiger partial charge in [0.1, 0.15) is 5.15 Å². The molecule has 1 aliphatic carbocycles. The van der Waals surface area contributed by atoms with E-state index in [0.717, 1.165) is 38.1 Å². The normalized spacial score (nSPS) is 15.8. The van der Waals surface area contributed by atoms with E-state index in [1.807, 2.05) is 18.3 Å². The van der Waals surface area contributed by atoms with Crippen molar-refractivity contribution in [3.05, 3.63) is 29.0 Å². The first-order valence-electron chi connectivity index (χ1n) is 8.44. The average molecular weight is 466 g/mol. The fourth-order valence-corrected chi connectivity index (χ4v) is 2.53. The van der Waals surface area contributed by atoms with Crippen molar-refractivity contribution in [2.45, 2.75) is 45.2 Å². The molecule has 1 unspecified atom stereocenters. The van der Waals surface area contributed by atoms with Crippen molar-refractivity contribution in [1.82, 2.24) is 20.5 Å². The Morgan fingerprint density at radius 1 is 1.42 bits per heavy atom. The summed E-state index contributed by atoms with van der Waals surface area (Å²) < 4.78 is 0. The lowest BCUT2D eigenvalue weighted by molar-refractivity contribution is 0.253. The van der Waals surface area contributed by atoms with E-state index >= 15 is 0 Å². The zero-order chi connectivity index (χ0) is 16.7. The number of hydrogen-bond acceptors (Lipinski definition) is 3. The number of nitrogens with one attached hydrogen (secondary N) is 2. The summed E-state index contributed by atoms with van der Waals surface area (Å²) in [6.45, 7) is 6.82. The number of rotatable bonds is 8. The van der Waals surface area contributed by atoms with Gasteiger partial charge in [0.25, 0.3) is 0 Å². The summed E-state index contributed by atoms with van der Waals surface area (Å²) in [4.78, 5) is 11.2. The number of nitrogens with zero attached hydrogens (tertiary/aromatic N) is 3. The Balaban J connectivity index is 0.00000288. The zero-order valence-corrected chi connectivity index (χ0v) is 17.8. The first kappa shape index (κ1) is 21.4. The van der Waals surface area contributed by atoms with E-state index < -0.39 is 0 Å². The molecule has 7 heteroatoms. The third kappa shape index (κ3) is 7.53. The van der Waals surface area contributed by atoms with E-state index in [1.165, 1.54) is 18.4 Å². The van der Waals surface area contributed by atoms with Gasteiger partial charge in [-0.1, -0.05) is 17.7 Å². The van der Waals surface area contributed by atoms with E-state index in [1.54, 1.807) is 0 Å². The van der Waals surface area contributed by atoms with Crippen LogP contribution in [0.25, 0.3) is 0 Å². The van der Waals surface area contributed by atoms with E-state index in [0.29, 0.717) is 11.2 Å². The molecule has 1 atom stereocenters. The van der Waals surface area contributed by atoms with E-state index in [2.05, 4.69) is 41.4 Å². The molecule has 0 radical (unpaired) electrons. The standard InChI is InChI=1S/C17H28ClN5.HI/c1-4-19-17(22-11-13(2)23(3)15-6-7-15)20-10-9-14-5-8-16(18)21-12-14;/h5,8,12-13,15H,4,6-7,9-11H2,1-3H3,(H2,19,20,22);1H. The lowest BCUT2D eigenvalue weighted by atomic mass is 10.2. The molecular weight excluding hydrogens is 437 g/mol. The van der Waals surface area contributed by atoms with Crippen LogP contribution in [0.4, 0.5) is 0 Å². The van der Waals surface area contributed by atoms with Gasteiger partial charge >= 0.3 is 0 Å². The monoisotopic (exact) mass is 465 g/mol. The minimum Gasteiger partial charge on any atom is -0.357 e. The molecule has 0 spiro atoms. The van der Waals surface area contributed by atoms with Gasteiger partial charge in [0.05, 0.1) is 6.54 Å². The van der Waals surface area contributed by atoms with Crippen LogP contribution in [0.1, 0.15) is 32.3 Å². The van der Waals surface area contributed by atoms with E-state index in [4.69, 9.17) is 16.6 Å². The van der Waals surface area contributed by atoms with Crippen LogP contribution in [0.2, 0.25) is 5.15 Å². The van der Waals surface area contributed by atoms with Crippen LogP contribution in [0.15, 0.2) is 23.3 Å². The topological polar surface area (TPSA) is 52.6 Å². The number of aliphatic imine (C=N–C) groups is 1. The molecule has 1 fully saturated rings. The number of aromatic nitrogens is 1. The van der Waals surface area contributed by atoms with Crippen LogP contribution in [-0.2, 0) is 6.42 Å². The second-order valence-corrected chi connectivity index (χ2v) is 6.52. The van der Waals surface area contributed by atoms with Crippen molar-refractivity contribution < 1.29 is 0 Å². The average Bonchev–Trinajstić information content (AvgIpc) is 3.38. The van der Waals surface area contributed by atoms with Gasteiger partial charge < -0.3 is 10.6 Å². The van der Waals surface area contributed by atoms with Crippen molar-refractivity contribution in [2.75, 3.05) is 26.7 Å². The number of likely N-dealkylation sites (N-methyl/N-ethyl adjacent to an activating group) is 1. The third-order valence-corrected chi connectivity index (χ3v) is 4.39. The van der Waals surface area contributed by atoms with Crippen LogP contribution in [0, 0.1) is 0 Å². The SMILES string of the molecule is CCNC(=NCC(C)N(C)C1CC1)NCCc1ccc(Cl)nc1.I. The van der Waals surface area contributed by atoms with Gasteiger partial charge in [0.15, 0.2) is 5.96 Å². The molecule has 24 heavy (non-hydrogen) atoms. The second kappa shape index (κ2) is 11.1. The maximum absolute atomic E-state index is 5.80. The van der Waals surface area contributed by atoms with Crippen LogP contribution in [0.3, 0.4) is 0 Å². The molecule has 1 saturated carbocycles. The Bertz CT molecular complexity index is 504. The molecule has 0 amide bonds. The molecule has 2 rings (SSSR count). The third-order valence-electron chi connectivity index (χ3n) is 4.17. The molecule has 1 aliphatic rings. The number of guanidine groups is 1. The summed E-state index contributed by atoms with van der Waals surface area (Å²) in [5.41, 5.74) is 1.17. The molecule has 136 valence electrons. The largest absolute Gasteiger partial charge is 0.357 e. The molecule has 0 aromatic carbocycles. The molecule has 5 nitrogen and oxygen atoms in total. The molecule has 0 aliphatic heterocycles. The molecule has 2 N–H and O–H groups in total. The number of pyridine rings is 1. The summed E-state index contributed by atoms with van der Waals surface area (Å²) in [6, 6.07) is 5.07. The maximum atomic E-state index is 5.80. The minimum atomic E-state index is 0. The summed E-state index contributed by atoms with van der Waals surface area (Å²) in [6.07, 6.45) is 5.38. The Hall–Kier alpha value is -0.600. The highest BCUT2D eigenvalue weighted by molar-refractivity contribution is 14.0. The molecule has 1 aromatic rings. The first-order valence-corrected chi connectivity index (χ1v) is 8.82. The van der Waals surface area contributed by atoms with Gasteiger partial charge in [-0.05, 0) is 51.8 Å². The van der Waals surface area contributed by atoms with E-state index in [-0.39, 0.29) is 24.0 Å². The van der Waals surface area contributed by atoms with Crippen LogP contribution < -0.4 is 10.6 Å². The lowest BCUT2D eigenvalue weighted by Crippen LogP contribution is -2.40. The van der Waals surface area contributed by atoms with Crippen molar-refractivity contribution in [2.24, 2.45) is 4.99 Å². The van der Waals surface area contributed by atoms with Gasteiger partial charge in [-0.2, -0.15) is 0 Å². The van der Waals surface area contributed by atoms with Crippen LogP contribution in [0.5, 0.6) is 0 Å². The van der Waals surface area contributed by atoms with Gasteiger partial charge in [0, 0.05) is 31.4 Å². The second-order valence-electron chi connectivity index (χ2n) is 6.13. The summed E-state index contributed by atoms with van der Waals surface area (Å²) in [5.74, 6) is 0.880. The number of hydrogen-bond donors (Lipinski definition) is 2. The molecule has 1 aromatic heterocycles. The van der Waals surface area contributed by atoms with Crippen molar-refractivity contribution in [1.29, 1.82) is 0 Å². The minimum absolute atomic E-state index is 0. The Kier molecular flexibility index (Phi) is 9.92. The van der Waals surface area contributed by atoms with Gasteiger partial charge in [-0.25, -0.2) is 4.98 Å². The van der Waals surface area contributed by atoms with Gasteiger partial charge in [0.2, 0.25) is 0 Å². The quantitative estimate of drug-likeness (QED) is 0.268. The highest BCUT2D eigenvalue weighted by Gasteiger charge is 2.28. The van der Waals surface area contributed by atoms with Gasteiger partial charge in [-0.15, -0.1) is 24.0 Å². The summed E-state index contributed by atoms with van der Waals surface area (Å²) in [5, 5.41) is 7.22. The smallest absolute Gasteiger partial charge is 0.191 e. The lowest BCUT2D eigenvalue weighted by Gasteiger charge is -2.23. The summed E-state index contributed by atoms with van der Waals surface area (Å²) >= 11 is 5.80. The maximum Gasteiger partial charge on any atom is 0.191 e. The molecule has 0 saturated heterocycles. The van der Waals surface area contributed by atoms with E-state index in [9.17, 15) is 0 Å². The Labute approximate surface area is 167 Å². The van der Waals surface area contributed by atoms with Crippen LogP contribution >= 0.6 is 35.6 Å². The molecule has 0 bridgehead atoms. The Morgan fingerprint density at radius 3 is 2.75 bits per heavy atom. The Morgan fingerprint density at radius 2 is 2.17 bits per heavy atom. The molecule has 1 heterocycles. The predicted molar refractivity (Wildman–Crippen MR) is 113 cm³/mol. The predicted octanol–water partition coefficient (Wildman–Crippen LogP) is 2.93. The first-order chi connectivity index (χ1) is 11.1. The fraction of sp³-hybridized carbons (Fsp3) is 0.647. The van der Waals surface area contributed by atoms with Crippen molar-refractivity contribution in [3.63, 3.8) is 0 Å².